The summed E-state index contributed by atoms with van der Waals surface area (Å²) in [4.78, 5) is 4.05. The maximum atomic E-state index is 13.6. The van der Waals surface area contributed by atoms with E-state index in [0.717, 1.165) is 5.69 Å². The summed E-state index contributed by atoms with van der Waals surface area (Å²) in [6.45, 7) is 1.84. The van der Waals surface area contributed by atoms with E-state index in [2.05, 4.69) is 4.98 Å². The van der Waals surface area contributed by atoms with Gasteiger partial charge in [-0.2, -0.15) is 0 Å². The minimum absolute atomic E-state index is 0.148. The van der Waals surface area contributed by atoms with Gasteiger partial charge < -0.3 is 5.11 Å². The van der Waals surface area contributed by atoms with Crippen molar-refractivity contribution in [3.8, 4) is 0 Å². The van der Waals surface area contributed by atoms with Crippen molar-refractivity contribution >= 4 is 11.6 Å². The van der Waals surface area contributed by atoms with Crippen molar-refractivity contribution in [2.75, 3.05) is 0 Å². The minimum Gasteiger partial charge on any atom is -0.388 e. The molecule has 1 atom stereocenters. The molecule has 18 heavy (non-hydrogen) atoms. The second-order valence-electron chi connectivity index (χ2n) is 4.15. The molecule has 4 heteroatoms. The largest absolute Gasteiger partial charge is 0.388 e. The highest BCUT2D eigenvalue weighted by Crippen LogP contribution is 2.25. The van der Waals surface area contributed by atoms with Crippen LogP contribution in [0.4, 0.5) is 4.39 Å². The quantitative estimate of drug-likeness (QED) is 0.922. The van der Waals surface area contributed by atoms with Gasteiger partial charge in [0.15, 0.2) is 0 Å². The van der Waals surface area contributed by atoms with Crippen molar-refractivity contribution in [1.82, 2.24) is 4.98 Å². The van der Waals surface area contributed by atoms with E-state index < -0.39 is 11.9 Å². The van der Waals surface area contributed by atoms with Crippen LogP contribution < -0.4 is 0 Å². The summed E-state index contributed by atoms with van der Waals surface area (Å²) in [6, 6.07) is 7.99. The lowest BCUT2D eigenvalue weighted by atomic mass is 10.0. The Hall–Kier alpha value is -1.45. The maximum Gasteiger partial charge on any atom is 0.127 e. The topological polar surface area (TPSA) is 33.1 Å². The van der Waals surface area contributed by atoms with E-state index in [1.807, 2.05) is 6.92 Å². The molecule has 1 unspecified atom stereocenters. The Morgan fingerprint density at radius 2 is 2.17 bits per heavy atom. The highest BCUT2D eigenvalue weighted by molar-refractivity contribution is 6.31. The zero-order chi connectivity index (χ0) is 13.1. The number of aliphatic hydroxyl groups excluding tert-OH is 1. The number of aryl methyl sites for hydroxylation is 1. The third kappa shape index (κ3) is 2.86. The van der Waals surface area contributed by atoms with E-state index in [9.17, 15) is 9.50 Å². The van der Waals surface area contributed by atoms with Gasteiger partial charge in [0.25, 0.3) is 0 Å². The molecular weight excluding hydrogens is 253 g/mol. The zero-order valence-electron chi connectivity index (χ0n) is 9.90. The molecule has 1 N–H and O–H groups in total. The number of hydrogen-bond acceptors (Lipinski definition) is 2. The number of aromatic nitrogens is 1. The molecule has 1 aromatic carbocycles. The van der Waals surface area contributed by atoms with Crippen LogP contribution in [0.1, 0.15) is 22.9 Å². The van der Waals surface area contributed by atoms with Crippen LogP contribution in [-0.4, -0.2) is 10.1 Å². The van der Waals surface area contributed by atoms with E-state index in [0.29, 0.717) is 16.1 Å². The Labute approximate surface area is 110 Å². The second kappa shape index (κ2) is 5.46. The van der Waals surface area contributed by atoms with E-state index in [-0.39, 0.29) is 6.42 Å². The van der Waals surface area contributed by atoms with Crippen molar-refractivity contribution in [3.63, 3.8) is 0 Å². The number of nitrogens with zero attached hydrogens (tertiary/aromatic N) is 1. The average molecular weight is 266 g/mol. The molecule has 1 heterocycles. The zero-order valence-corrected chi connectivity index (χ0v) is 10.7. The molecule has 0 fully saturated rings. The Bertz CT molecular complexity index is 539. The van der Waals surface area contributed by atoms with Crippen LogP contribution in [0.3, 0.4) is 0 Å². The van der Waals surface area contributed by atoms with Crippen LogP contribution in [0.25, 0.3) is 0 Å². The van der Waals surface area contributed by atoms with Crippen molar-refractivity contribution in [2.45, 2.75) is 19.4 Å². The predicted molar refractivity (Wildman–Crippen MR) is 69.0 cm³/mol. The highest BCUT2D eigenvalue weighted by Gasteiger charge is 2.14. The van der Waals surface area contributed by atoms with Gasteiger partial charge in [0, 0.05) is 28.9 Å². The lowest BCUT2D eigenvalue weighted by Crippen LogP contribution is -2.05. The fourth-order valence-corrected chi connectivity index (χ4v) is 2.05. The van der Waals surface area contributed by atoms with Crippen LogP contribution in [0.2, 0.25) is 5.02 Å². The Morgan fingerprint density at radius 1 is 1.39 bits per heavy atom. The molecule has 0 bridgehead atoms. The molecule has 0 aliphatic rings. The van der Waals surface area contributed by atoms with E-state index >= 15 is 0 Å². The first-order valence-corrected chi connectivity index (χ1v) is 5.99. The number of benzene rings is 1. The minimum atomic E-state index is -0.791. The van der Waals surface area contributed by atoms with Crippen molar-refractivity contribution in [3.05, 3.63) is 64.2 Å². The van der Waals surface area contributed by atoms with E-state index in [1.54, 1.807) is 30.5 Å². The SMILES string of the molecule is Cc1cc(C(O)Cc2c(F)cccc2Cl)ccn1. The number of pyridine rings is 1. The molecule has 0 saturated heterocycles. The summed E-state index contributed by atoms with van der Waals surface area (Å²) in [5, 5.41) is 10.4. The summed E-state index contributed by atoms with van der Waals surface area (Å²) in [7, 11) is 0. The molecule has 2 nitrogen and oxygen atoms in total. The van der Waals surface area contributed by atoms with Crippen LogP contribution in [0.5, 0.6) is 0 Å². The molecule has 2 aromatic rings. The summed E-state index contributed by atoms with van der Waals surface area (Å²) < 4.78 is 13.6. The number of aliphatic hydroxyl groups is 1. The first-order chi connectivity index (χ1) is 8.58. The molecule has 94 valence electrons. The van der Waals surface area contributed by atoms with E-state index in [4.69, 9.17) is 11.6 Å². The van der Waals surface area contributed by atoms with Gasteiger partial charge in [0.2, 0.25) is 0 Å². The van der Waals surface area contributed by atoms with Crippen molar-refractivity contribution in [1.29, 1.82) is 0 Å². The van der Waals surface area contributed by atoms with Crippen LogP contribution in [0, 0.1) is 12.7 Å². The normalized spacial score (nSPS) is 12.4. The molecule has 0 radical (unpaired) electrons. The first kappa shape index (κ1) is 13.0. The Morgan fingerprint density at radius 3 is 2.83 bits per heavy atom. The fourth-order valence-electron chi connectivity index (χ4n) is 1.81. The third-order valence-corrected chi connectivity index (χ3v) is 3.12. The molecular formula is C14H13ClFNO. The second-order valence-corrected chi connectivity index (χ2v) is 4.56. The van der Waals surface area contributed by atoms with E-state index in [1.165, 1.54) is 6.07 Å². The van der Waals surface area contributed by atoms with Gasteiger partial charge in [-0.3, -0.25) is 4.98 Å². The fraction of sp³-hybridized carbons (Fsp3) is 0.214. The lowest BCUT2D eigenvalue weighted by molar-refractivity contribution is 0.177. The molecule has 0 saturated carbocycles. The molecule has 0 amide bonds. The third-order valence-electron chi connectivity index (χ3n) is 2.76. The molecule has 0 spiro atoms. The summed E-state index contributed by atoms with van der Waals surface area (Å²) in [5.74, 6) is -0.396. The molecule has 0 aliphatic carbocycles. The van der Waals surface area contributed by atoms with Gasteiger partial charge >= 0.3 is 0 Å². The van der Waals surface area contributed by atoms with Gasteiger partial charge in [0.1, 0.15) is 5.82 Å². The predicted octanol–water partition coefficient (Wildman–Crippen LogP) is 3.46. The molecule has 0 aliphatic heterocycles. The lowest BCUT2D eigenvalue weighted by Gasteiger charge is -2.13. The van der Waals surface area contributed by atoms with Crippen molar-refractivity contribution in [2.24, 2.45) is 0 Å². The summed E-state index contributed by atoms with van der Waals surface area (Å²) >= 11 is 5.93. The summed E-state index contributed by atoms with van der Waals surface area (Å²) in [6.07, 6.45) is 0.979. The maximum absolute atomic E-state index is 13.6. The Balaban J connectivity index is 2.24. The standard InChI is InChI=1S/C14H13ClFNO/c1-9-7-10(5-6-17-9)14(18)8-11-12(15)3-2-4-13(11)16/h2-7,14,18H,8H2,1H3. The number of hydrogen-bond donors (Lipinski definition) is 1. The van der Waals surface area contributed by atoms with Gasteiger partial charge in [0.05, 0.1) is 6.10 Å². The number of rotatable bonds is 3. The van der Waals surface area contributed by atoms with Gasteiger partial charge in [-0.25, -0.2) is 4.39 Å². The molecule has 2 rings (SSSR count). The number of halogens is 2. The smallest absolute Gasteiger partial charge is 0.127 e. The Kier molecular flexibility index (Phi) is 3.94. The van der Waals surface area contributed by atoms with Crippen molar-refractivity contribution < 1.29 is 9.50 Å². The van der Waals surface area contributed by atoms with Gasteiger partial charge in [-0.15, -0.1) is 0 Å². The van der Waals surface area contributed by atoms with Gasteiger partial charge in [-0.1, -0.05) is 17.7 Å². The summed E-state index contributed by atoms with van der Waals surface area (Å²) in [5.41, 5.74) is 1.86. The van der Waals surface area contributed by atoms with Crippen LogP contribution in [0.15, 0.2) is 36.5 Å². The van der Waals surface area contributed by atoms with Gasteiger partial charge in [-0.05, 0) is 36.8 Å². The van der Waals surface area contributed by atoms with Crippen LogP contribution >= 0.6 is 11.6 Å². The highest BCUT2D eigenvalue weighted by atomic mass is 35.5. The monoisotopic (exact) mass is 265 g/mol. The first-order valence-electron chi connectivity index (χ1n) is 5.61. The molecule has 1 aromatic heterocycles. The van der Waals surface area contributed by atoms with Crippen LogP contribution in [-0.2, 0) is 6.42 Å². The average Bonchev–Trinajstić information content (AvgIpc) is 2.34.